The molecule has 37 heavy (non-hydrogen) atoms. The third-order valence-corrected chi connectivity index (χ3v) is 8.50. The molecule has 0 radical (unpaired) electrons. The van der Waals surface area contributed by atoms with E-state index in [1.165, 1.54) is 11.3 Å². The van der Waals surface area contributed by atoms with Crippen molar-refractivity contribution in [3.63, 3.8) is 0 Å². The predicted octanol–water partition coefficient (Wildman–Crippen LogP) is 5.67. The molecule has 0 aliphatic heterocycles. The summed E-state index contributed by atoms with van der Waals surface area (Å²) in [6.45, 7) is 2.81. The van der Waals surface area contributed by atoms with E-state index < -0.39 is 5.97 Å². The number of aromatic carboxylic acids is 1. The highest BCUT2D eigenvalue weighted by Crippen LogP contribution is 2.41. The number of amides is 2. The lowest BCUT2D eigenvalue weighted by atomic mass is 9.82. The van der Waals surface area contributed by atoms with Crippen molar-refractivity contribution in [3.05, 3.63) is 53.2 Å². The molecule has 2 aliphatic carbocycles. The summed E-state index contributed by atoms with van der Waals surface area (Å²) in [5.74, 6) is -0.207. The Labute approximate surface area is 220 Å². The van der Waals surface area contributed by atoms with Crippen LogP contribution in [0.2, 0.25) is 0 Å². The van der Waals surface area contributed by atoms with Crippen molar-refractivity contribution in [2.75, 3.05) is 16.8 Å². The summed E-state index contributed by atoms with van der Waals surface area (Å²) >= 11 is 1.19. The maximum atomic E-state index is 13.6. The first-order valence-corrected chi connectivity index (χ1v) is 13.7. The topological polar surface area (TPSA) is 105 Å². The highest BCUT2D eigenvalue weighted by molar-refractivity contribution is 7.18. The minimum Gasteiger partial charge on any atom is -0.477 e. The molecule has 2 fully saturated rings. The Morgan fingerprint density at radius 3 is 2.38 bits per heavy atom. The van der Waals surface area contributed by atoms with Crippen molar-refractivity contribution in [3.8, 4) is 10.4 Å². The van der Waals surface area contributed by atoms with Gasteiger partial charge < -0.3 is 15.3 Å². The van der Waals surface area contributed by atoms with Crippen LogP contribution in [0.5, 0.6) is 0 Å². The number of carboxylic acids is 1. The zero-order chi connectivity index (χ0) is 26.1. The first-order valence-electron chi connectivity index (χ1n) is 12.9. The summed E-state index contributed by atoms with van der Waals surface area (Å²) in [5.41, 5.74) is 2.29. The molecule has 2 N–H and O–H groups in total. The van der Waals surface area contributed by atoms with E-state index in [9.17, 15) is 19.5 Å². The number of carbonyl (C=O) groups excluding carboxylic acids is 2. The summed E-state index contributed by atoms with van der Waals surface area (Å²) < 4.78 is 1.57. The van der Waals surface area contributed by atoms with Crippen LogP contribution in [-0.2, 0) is 11.8 Å². The maximum absolute atomic E-state index is 13.6. The van der Waals surface area contributed by atoms with Gasteiger partial charge in [0.1, 0.15) is 4.88 Å². The van der Waals surface area contributed by atoms with Gasteiger partial charge in [-0.05, 0) is 80.2 Å². The quantitative estimate of drug-likeness (QED) is 0.398. The molecule has 0 unspecified atom stereocenters. The van der Waals surface area contributed by atoms with Crippen LogP contribution < -0.4 is 10.2 Å². The van der Waals surface area contributed by atoms with Gasteiger partial charge in [0.25, 0.3) is 5.91 Å². The van der Waals surface area contributed by atoms with E-state index in [4.69, 9.17) is 0 Å². The minimum absolute atomic E-state index is 0.0399. The van der Waals surface area contributed by atoms with E-state index in [-0.39, 0.29) is 22.6 Å². The van der Waals surface area contributed by atoms with Gasteiger partial charge in [0.05, 0.1) is 5.69 Å². The number of hydrogen-bond donors (Lipinski definition) is 2. The fourth-order valence-corrected chi connectivity index (χ4v) is 5.93. The molecule has 2 saturated carbocycles. The van der Waals surface area contributed by atoms with Gasteiger partial charge in [-0.2, -0.15) is 5.10 Å². The van der Waals surface area contributed by atoms with Crippen molar-refractivity contribution in [2.45, 2.75) is 45.4 Å². The smallest absolute Gasteiger partial charge is 0.348 e. The number of aryl methyl sites for hydroxylation is 1. The van der Waals surface area contributed by atoms with Crippen LogP contribution in [0.4, 0.5) is 11.4 Å². The Bertz CT molecular complexity index is 1300. The van der Waals surface area contributed by atoms with Gasteiger partial charge in [-0.15, -0.1) is 11.3 Å². The normalized spacial score (nSPS) is 19.4. The predicted molar refractivity (Wildman–Crippen MR) is 144 cm³/mol. The Kier molecular flexibility index (Phi) is 7.15. The van der Waals surface area contributed by atoms with Crippen LogP contribution in [0, 0.1) is 17.8 Å². The second-order valence-corrected chi connectivity index (χ2v) is 11.4. The number of thiophene rings is 1. The molecule has 2 aliphatic rings. The fraction of sp³-hybridized carbons (Fsp3) is 0.429. The SMILES string of the molecule is Cn1ccc(C(=O)Nc2ccc(-c3cc(N(CC4CC4)C(=O)[C@H]4CC[C@H](C)CC4)c(C(=O)O)s3)cc2)n1. The summed E-state index contributed by atoms with van der Waals surface area (Å²) in [7, 11) is 1.75. The van der Waals surface area contributed by atoms with Crippen molar-refractivity contribution in [1.82, 2.24) is 9.78 Å². The van der Waals surface area contributed by atoms with E-state index >= 15 is 0 Å². The third-order valence-electron chi connectivity index (χ3n) is 7.34. The Balaban J connectivity index is 1.38. The third kappa shape index (κ3) is 5.77. The molecule has 0 bridgehead atoms. The van der Waals surface area contributed by atoms with E-state index in [0.717, 1.165) is 49.0 Å². The number of carbonyl (C=O) groups is 3. The van der Waals surface area contributed by atoms with Crippen molar-refractivity contribution < 1.29 is 19.5 Å². The molecular formula is C28H32N4O4S. The molecule has 194 valence electrons. The molecule has 2 aromatic heterocycles. The zero-order valence-corrected chi connectivity index (χ0v) is 22.0. The summed E-state index contributed by atoms with van der Waals surface area (Å²) in [6.07, 6.45) is 7.68. The number of benzene rings is 1. The highest BCUT2D eigenvalue weighted by atomic mass is 32.1. The molecular weight excluding hydrogens is 488 g/mol. The molecule has 8 nitrogen and oxygen atoms in total. The summed E-state index contributed by atoms with van der Waals surface area (Å²) in [6, 6.07) is 10.8. The average molecular weight is 521 g/mol. The number of nitrogens with one attached hydrogen (secondary N) is 1. The lowest BCUT2D eigenvalue weighted by Crippen LogP contribution is -2.39. The van der Waals surface area contributed by atoms with Crippen LogP contribution in [0.25, 0.3) is 10.4 Å². The van der Waals surface area contributed by atoms with Crippen molar-refractivity contribution in [2.24, 2.45) is 24.8 Å². The molecule has 2 amide bonds. The van der Waals surface area contributed by atoms with Crippen LogP contribution in [-0.4, -0.2) is 39.2 Å². The first kappa shape index (κ1) is 25.2. The van der Waals surface area contributed by atoms with Gasteiger partial charge in [-0.3, -0.25) is 14.3 Å². The van der Waals surface area contributed by atoms with Crippen LogP contribution in [0.15, 0.2) is 42.6 Å². The Hall–Kier alpha value is -3.46. The van der Waals surface area contributed by atoms with Gasteiger partial charge in [-0.1, -0.05) is 19.1 Å². The average Bonchev–Trinajstić information content (AvgIpc) is 3.41. The van der Waals surface area contributed by atoms with Crippen molar-refractivity contribution >= 4 is 40.5 Å². The van der Waals surface area contributed by atoms with Gasteiger partial charge in [-0.25, -0.2) is 4.79 Å². The monoisotopic (exact) mass is 520 g/mol. The number of hydrogen-bond acceptors (Lipinski definition) is 5. The van der Waals surface area contributed by atoms with Gasteiger partial charge >= 0.3 is 5.97 Å². The Morgan fingerprint density at radius 1 is 1.08 bits per heavy atom. The largest absolute Gasteiger partial charge is 0.477 e. The molecule has 5 rings (SSSR count). The van der Waals surface area contributed by atoms with Gasteiger partial charge in [0.15, 0.2) is 5.69 Å². The zero-order valence-electron chi connectivity index (χ0n) is 21.1. The number of carboxylic acid groups (broad SMARTS) is 1. The first-order chi connectivity index (χ1) is 17.8. The number of nitrogens with zero attached hydrogens (tertiary/aromatic N) is 3. The second-order valence-electron chi connectivity index (χ2n) is 10.4. The van der Waals surface area contributed by atoms with E-state index in [0.29, 0.717) is 35.4 Å². The van der Waals surface area contributed by atoms with Crippen LogP contribution in [0.1, 0.15) is 65.6 Å². The number of rotatable bonds is 8. The fourth-order valence-electron chi connectivity index (χ4n) is 4.92. The standard InChI is InChI=1S/C28H32N4O4S/c1-17-3-7-20(8-4-17)27(34)32(16-18-5-6-18)23-15-24(37-25(23)28(35)36)19-9-11-21(12-10-19)29-26(33)22-13-14-31(2)30-22/h9-15,17-18,20H,3-8,16H2,1-2H3,(H,29,33)(H,35,36)/t17-,20-. The second kappa shape index (κ2) is 10.5. The van der Waals surface area contributed by atoms with E-state index in [1.807, 2.05) is 18.2 Å². The molecule has 0 spiro atoms. The molecule has 3 aromatic rings. The maximum Gasteiger partial charge on any atom is 0.348 e. The minimum atomic E-state index is -1.02. The number of anilines is 2. The van der Waals surface area contributed by atoms with E-state index in [1.54, 1.807) is 41.0 Å². The summed E-state index contributed by atoms with van der Waals surface area (Å²) in [4.78, 5) is 41.0. The molecule has 2 heterocycles. The molecule has 1 aromatic carbocycles. The van der Waals surface area contributed by atoms with Gasteiger partial charge in [0, 0.05) is 36.3 Å². The van der Waals surface area contributed by atoms with Crippen LogP contribution in [0.3, 0.4) is 0 Å². The van der Waals surface area contributed by atoms with Gasteiger partial charge in [0.2, 0.25) is 5.91 Å². The molecule has 0 atom stereocenters. The lowest BCUT2D eigenvalue weighted by Gasteiger charge is -2.31. The van der Waals surface area contributed by atoms with Crippen molar-refractivity contribution in [1.29, 1.82) is 0 Å². The number of aromatic nitrogens is 2. The highest BCUT2D eigenvalue weighted by Gasteiger charge is 2.35. The summed E-state index contributed by atoms with van der Waals surface area (Å²) in [5, 5.41) is 17.0. The molecule has 0 saturated heterocycles. The van der Waals surface area contributed by atoms with E-state index in [2.05, 4.69) is 17.3 Å². The molecule has 9 heteroatoms. The Morgan fingerprint density at radius 2 is 1.78 bits per heavy atom. The lowest BCUT2D eigenvalue weighted by molar-refractivity contribution is -0.123. The van der Waals surface area contributed by atoms with Crippen LogP contribution >= 0.6 is 11.3 Å².